The summed E-state index contributed by atoms with van der Waals surface area (Å²) in [5.74, 6) is -0.449. The molecule has 0 fully saturated rings. The molecule has 1 amide bonds. The second-order valence-electron chi connectivity index (χ2n) is 4.41. The number of hydrogen-bond acceptors (Lipinski definition) is 2. The summed E-state index contributed by atoms with van der Waals surface area (Å²) in [6.07, 6.45) is 0. The summed E-state index contributed by atoms with van der Waals surface area (Å²) in [4.78, 5) is 11.7. The lowest BCUT2D eigenvalue weighted by Gasteiger charge is -2.31. The summed E-state index contributed by atoms with van der Waals surface area (Å²) >= 11 is 9.49. The molecule has 1 atom stereocenters. The van der Waals surface area contributed by atoms with Gasteiger partial charge in [0.1, 0.15) is 5.54 Å². The van der Waals surface area contributed by atoms with Crippen molar-refractivity contribution in [1.29, 1.82) is 0 Å². The second-order valence-corrected chi connectivity index (χ2v) is 5.74. The van der Waals surface area contributed by atoms with E-state index in [2.05, 4.69) is 21.2 Å². The van der Waals surface area contributed by atoms with E-state index < -0.39 is 11.4 Å². The molecule has 0 radical (unpaired) electrons. The molecule has 5 heteroatoms. The summed E-state index contributed by atoms with van der Waals surface area (Å²) < 4.78 is 0.864. The van der Waals surface area contributed by atoms with Crippen molar-refractivity contribution in [2.75, 3.05) is 0 Å². The van der Waals surface area contributed by atoms with Crippen molar-refractivity contribution in [3.63, 3.8) is 0 Å². The van der Waals surface area contributed by atoms with Gasteiger partial charge in [-0.05, 0) is 38.5 Å². The first-order valence-electron chi connectivity index (χ1n) is 5.30. The third kappa shape index (κ3) is 3.21. The zero-order valence-electron chi connectivity index (χ0n) is 10.1. The third-order valence-corrected chi connectivity index (χ3v) is 3.35. The van der Waals surface area contributed by atoms with E-state index >= 15 is 0 Å². The maximum absolute atomic E-state index is 11.7. The van der Waals surface area contributed by atoms with Crippen LogP contribution in [0.15, 0.2) is 22.7 Å². The van der Waals surface area contributed by atoms with Gasteiger partial charge in [-0.1, -0.05) is 33.6 Å². The van der Waals surface area contributed by atoms with Crippen LogP contribution < -0.4 is 11.1 Å². The monoisotopic (exact) mass is 318 g/mol. The molecular weight excluding hydrogens is 304 g/mol. The molecule has 1 aromatic rings. The summed E-state index contributed by atoms with van der Waals surface area (Å²) in [6, 6.07) is 5.50. The number of hydrogen-bond donors (Lipinski definition) is 2. The van der Waals surface area contributed by atoms with Crippen LogP contribution in [0.3, 0.4) is 0 Å². The number of amides is 1. The van der Waals surface area contributed by atoms with Crippen LogP contribution in [-0.4, -0.2) is 11.9 Å². The van der Waals surface area contributed by atoms with Crippen LogP contribution in [0, 0.1) is 0 Å². The van der Waals surface area contributed by atoms with Crippen molar-refractivity contribution in [2.24, 2.45) is 5.73 Å². The molecule has 0 aliphatic heterocycles. The Hall–Kier alpha value is -0.580. The van der Waals surface area contributed by atoms with Gasteiger partial charge in [0, 0.05) is 15.5 Å². The third-order valence-electron chi connectivity index (χ3n) is 2.54. The van der Waals surface area contributed by atoms with Crippen LogP contribution in [0.2, 0.25) is 5.02 Å². The Morgan fingerprint density at radius 2 is 2.12 bits per heavy atom. The average molecular weight is 320 g/mol. The maximum atomic E-state index is 11.7. The Kier molecular flexibility index (Phi) is 4.58. The number of nitrogens with two attached hydrogens (primary N) is 1. The fourth-order valence-electron chi connectivity index (χ4n) is 1.75. The van der Waals surface area contributed by atoms with Crippen LogP contribution in [0.5, 0.6) is 0 Å². The molecule has 94 valence electrons. The van der Waals surface area contributed by atoms with E-state index in [1.807, 2.05) is 19.9 Å². The van der Waals surface area contributed by atoms with Crippen molar-refractivity contribution < 1.29 is 4.79 Å². The number of carbonyl (C=O) groups is 1. The minimum atomic E-state index is -0.966. The van der Waals surface area contributed by atoms with E-state index in [-0.39, 0.29) is 6.04 Å². The van der Waals surface area contributed by atoms with E-state index in [1.165, 1.54) is 0 Å². The topological polar surface area (TPSA) is 55.1 Å². The van der Waals surface area contributed by atoms with Gasteiger partial charge in [-0.15, -0.1) is 0 Å². The predicted octanol–water partition coefficient (Wildman–Crippen LogP) is 2.80. The SMILES string of the molecule is CC(C)NC(C)(C(N)=O)c1ccc(Br)cc1Cl. The lowest BCUT2D eigenvalue weighted by molar-refractivity contribution is -0.124. The molecule has 0 saturated heterocycles. The van der Waals surface area contributed by atoms with Gasteiger partial charge >= 0.3 is 0 Å². The molecule has 17 heavy (non-hydrogen) atoms. The van der Waals surface area contributed by atoms with Crippen molar-refractivity contribution in [3.8, 4) is 0 Å². The molecule has 0 saturated carbocycles. The first kappa shape index (κ1) is 14.5. The Labute approximate surface area is 115 Å². The number of nitrogens with one attached hydrogen (secondary N) is 1. The van der Waals surface area contributed by atoms with Crippen molar-refractivity contribution in [3.05, 3.63) is 33.3 Å². The Bertz CT molecular complexity index is 437. The molecule has 0 spiro atoms. The summed E-state index contributed by atoms with van der Waals surface area (Å²) in [5, 5.41) is 3.67. The minimum absolute atomic E-state index is 0.118. The van der Waals surface area contributed by atoms with E-state index in [1.54, 1.807) is 19.1 Å². The Morgan fingerprint density at radius 1 is 1.53 bits per heavy atom. The number of halogens is 2. The molecule has 1 aromatic carbocycles. The van der Waals surface area contributed by atoms with Gasteiger partial charge in [0.25, 0.3) is 0 Å². The predicted molar refractivity (Wildman–Crippen MR) is 74.0 cm³/mol. The van der Waals surface area contributed by atoms with Gasteiger partial charge in [-0.2, -0.15) is 0 Å². The molecule has 0 aromatic heterocycles. The van der Waals surface area contributed by atoms with Crippen LogP contribution in [-0.2, 0) is 10.3 Å². The van der Waals surface area contributed by atoms with E-state index in [0.29, 0.717) is 10.6 Å². The van der Waals surface area contributed by atoms with Gasteiger partial charge in [-0.25, -0.2) is 0 Å². The van der Waals surface area contributed by atoms with Crippen LogP contribution in [0.4, 0.5) is 0 Å². The van der Waals surface area contributed by atoms with Gasteiger partial charge in [0.2, 0.25) is 5.91 Å². The lowest BCUT2D eigenvalue weighted by atomic mass is 9.90. The van der Waals surface area contributed by atoms with Gasteiger partial charge in [0.15, 0.2) is 0 Å². The number of primary amides is 1. The normalized spacial score (nSPS) is 14.7. The number of benzene rings is 1. The Morgan fingerprint density at radius 3 is 2.53 bits per heavy atom. The fraction of sp³-hybridized carbons (Fsp3) is 0.417. The number of rotatable bonds is 4. The van der Waals surface area contributed by atoms with Crippen molar-refractivity contribution >= 4 is 33.4 Å². The van der Waals surface area contributed by atoms with E-state index in [0.717, 1.165) is 4.47 Å². The zero-order valence-corrected chi connectivity index (χ0v) is 12.4. The highest BCUT2D eigenvalue weighted by Gasteiger charge is 2.35. The standard InChI is InChI=1S/C12H16BrClN2O/c1-7(2)16-12(3,11(15)17)9-5-4-8(13)6-10(9)14/h4-7,16H,1-3H3,(H2,15,17). The summed E-state index contributed by atoms with van der Waals surface area (Å²) in [6.45, 7) is 5.65. The quantitative estimate of drug-likeness (QED) is 0.896. The first-order valence-corrected chi connectivity index (χ1v) is 6.47. The summed E-state index contributed by atoms with van der Waals surface area (Å²) in [7, 11) is 0. The van der Waals surface area contributed by atoms with Crippen molar-refractivity contribution in [2.45, 2.75) is 32.4 Å². The highest BCUT2D eigenvalue weighted by Crippen LogP contribution is 2.30. The average Bonchev–Trinajstić information content (AvgIpc) is 2.15. The maximum Gasteiger partial charge on any atom is 0.242 e. The van der Waals surface area contributed by atoms with E-state index in [4.69, 9.17) is 17.3 Å². The fourth-order valence-corrected chi connectivity index (χ4v) is 2.62. The Balaban J connectivity index is 3.27. The van der Waals surface area contributed by atoms with Gasteiger partial charge < -0.3 is 5.73 Å². The smallest absolute Gasteiger partial charge is 0.242 e. The minimum Gasteiger partial charge on any atom is -0.368 e. The van der Waals surface area contributed by atoms with Crippen LogP contribution in [0.25, 0.3) is 0 Å². The highest BCUT2D eigenvalue weighted by atomic mass is 79.9. The van der Waals surface area contributed by atoms with Crippen molar-refractivity contribution in [1.82, 2.24) is 5.32 Å². The molecule has 0 bridgehead atoms. The molecule has 0 aliphatic carbocycles. The van der Waals surface area contributed by atoms with Crippen LogP contribution >= 0.6 is 27.5 Å². The molecule has 3 nitrogen and oxygen atoms in total. The molecule has 1 unspecified atom stereocenters. The van der Waals surface area contributed by atoms with Crippen LogP contribution in [0.1, 0.15) is 26.3 Å². The highest BCUT2D eigenvalue weighted by molar-refractivity contribution is 9.10. The molecule has 3 N–H and O–H groups in total. The molecule has 0 heterocycles. The largest absolute Gasteiger partial charge is 0.368 e. The second kappa shape index (κ2) is 5.38. The molecule has 0 aliphatic rings. The lowest BCUT2D eigenvalue weighted by Crippen LogP contribution is -2.53. The zero-order chi connectivity index (χ0) is 13.2. The van der Waals surface area contributed by atoms with Gasteiger partial charge in [0.05, 0.1) is 0 Å². The number of carbonyl (C=O) groups excluding carboxylic acids is 1. The molecular formula is C12H16BrClN2O. The van der Waals surface area contributed by atoms with E-state index in [9.17, 15) is 4.79 Å². The first-order chi connectivity index (χ1) is 7.77. The van der Waals surface area contributed by atoms with Gasteiger partial charge in [-0.3, -0.25) is 10.1 Å². The molecule has 1 rings (SSSR count). The summed E-state index contributed by atoms with van der Waals surface area (Å²) in [5.41, 5.74) is 5.20.